The molecular weight excluding hydrogens is 411 g/mol. The van der Waals surface area contributed by atoms with E-state index in [9.17, 15) is 17.6 Å². The third kappa shape index (κ3) is 4.36. The van der Waals surface area contributed by atoms with Gasteiger partial charge in [-0.05, 0) is 73.4 Å². The molecule has 1 aromatic heterocycles. The van der Waals surface area contributed by atoms with Gasteiger partial charge in [0.05, 0.1) is 17.1 Å². The van der Waals surface area contributed by atoms with Crippen molar-refractivity contribution in [3.63, 3.8) is 0 Å². The maximum atomic E-state index is 14.1. The van der Waals surface area contributed by atoms with Crippen molar-refractivity contribution in [2.75, 3.05) is 11.9 Å². The van der Waals surface area contributed by atoms with Crippen molar-refractivity contribution in [3.8, 4) is 11.4 Å². The van der Waals surface area contributed by atoms with Crippen molar-refractivity contribution in [2.24, 2.45) is 0 Å². The molecule has 9 nitrogen and oxygen atoms in total. The monoisotopic (exact) mass is 432 g/mol. The van der Waals surface area contributed by atoms with Gasteiger partial charge in [-0.2, -0.15) is 5.21 Å². The lowest BCUT2D eigenvalue weighted by atomic mass is 10.0. The summed E-state index contributed by atoms with van der Waals surface area (Å²) in [6.07, 6.45) is 0. The van der Waals surface area contributed by atoms with Gasteiger partial charge in [0.25, 0.3) is 0 Å². The molecule has 0 radical (unpaired) electrons. The lowest BCUT2D eigenvalue weighted by Crippen LogP contribution is -2.34. The number of aromatic nitrogens is 4. The predicted octanol–water partition coefficient (Wildman–Crippen LogP) is 2.16. The smallest absolute Gasteiger partial charge is 0.241 e. The molecule has 30 heavy (non-hydrogen) atoms. The molecule has 1 amide bonds. The first-order valence-electron chi connectivity index (χ1n) is 9.00. The van der Waals surface area contributed by atoms with Gasteiger partial charge >= 0.3 is 0 Å². The number of aryl methyl sites for hydroxylation is 2. The average molecular weight is 432 g/mol. The standard InChI is InChI=1S/C19H21FN6O3S/c1-10-7-11(2)13(4)18(12(10)3)30(28,29)21-9-17(27)22-16-8-14(5-6-15(16)20)19-23-25-26-24-19/h5-8,21H,9H2,1-4H3,(H,22,27)(H,23,24,25,26). The number of amides is 1. The summed E-state index contributed by atoms with van der Waals surface area (Å²) in [5.41, 5.74) is 3.21. The Morgan fingerprint density at radius 3 is 2.37 bits per heavy atom. The number of carbonyl (C=O) groups excluding carboxylic acids is 1. The van der Waals surface area contributed by atoms with E-state index in [-0.39, 0.29) is 16.4 Å². The highest BCUT2D eigenvalue weighted by molar-refractivity contribution is 7.89. The maximum absolute atomic E-state index is 14.1. The summed E-state index contributed by atoms with van der Waals surface area (Å²) in [7, 11) is -3.94. The Morgan fingerprint density at radius 2 is 1.77 bits per heavy atom. The zero-order valence-electron chi connectivity index (χ0n) is 16.9. The Morgan fingerprint density at radius 1 is 1.10 bits per heavy atom. The lowest BCUT2D eigenvalue weighted by molar-refractivity contribution is -0.115. The van der Waals surface area contributed by atoms with Gasteiger partial charge in [0, 0.05) is 5.56 Å². The Kier molecular flexibility index (Phi) is 5.94. The van der Waals surface area contributed by atoms with Crippen molar-refractivity contribution in [1.29, 1.82) is 0 Å². The van der Waals surface area contributed by atoms with Crippen LogP contribution < -0.4 is 10.0 Å². The van der Waals surface area contributed by atoms with E-state index in [1.54, 1.807) is 13.8 Å². The van der Waals surface area contributed by atoms with Gasteiger partial charge in [0.1, 0.15) is 5.82 Å². The van der Waals surface area contributed by atoms with E-state index < -0.39 is 28.3 Å². The molecule has 0 atom stereocenters. The molecule has 3 N–H and O–H groups in total. The summed E-state index contributed by atoms with van der Waals surface area (Å²) in [5, 5.41) is 15.7. The first-order valence-corrected chi connectivity index (χ1v) is 10.5. The molecule has 3 aromatic rings. The van der Waals surface area contributed by atoms with E-state index >= 15 is 0 Å². The van der Waals surface area contributed by atoms with E-state index in [2.05, 4.69) is 30.7 Å². The van der Waals surface area contributed by atoms with Crippen LogP contribution in [0.3, 0.4) is 0 Å². The van der Waals surface area contributed by atoms with Gasteiger partial charge in [-0.15, -0.1) is 10.2 Å². The van der Waals surface area contributed by atoms with E-state index in [0.717, 1.165) is 17.2 Å². The highest BCUT2D eigenvalue weighted by Gasteiger charge is 2.23. The normalized spacial score (nSPS) is 11.5. The van der Waals surface area contributed by atoms with Gasteiger partial charge in [-0.3, -0.25) is 4.79 Å². The number of carbonyl (C=O) groups is 1. The van der Waals surface area contributed by atoms with Crippen LogP contribution in [0.4, 0.5) is 10.1 Å². The first-order chi connectivity index (χ1) is 14.1. The number of benzene rings is 2. The summed E-state index contributed by atoms with van der Waals surface area (Å²) in [5.74, 6) is -1.17. The average Bonchev–Trinajstić information content (AvgIpc) is 3.21. The predicted molar refractivity (Wildman–Crippen MR) is 109 cm³/mol. The molecule has 0 saturated heterocycles. The van der Waals surface area contributed by atoms with Gasteiger partial charge in [0.2, 0.25) is 21.8 Å². The van der Waals surface area contributed by atoms with Gasteiger partial charge in [0.15, 0.2) is 0 Å². The first kappa shape index (κ1) is 21.5. The largest absolute Gasteiger partial charge is 0.322 e. The number of aromatic amines is 1. The van der Waals surface area contributed by atoms with Crippen molar-refractivity contribution in [3.05, 3.63) is 52.3 Å². The van der Waals surface area contributed by atoms with Crippen molar-refractivity contribution < 1.29 is 17.6 Å². The van der Waals surface area contributed by atoms with Crippen LogP contribution in [0.15, 0.2) is 29.2 Å². The van der Waals surface area contributed by atoms with Crippen LogP contribution in [0.5, 0.6) is 0 Å². The molecule has 11 heteroatoms. The third-order valence-corrected chi connectivity index (χ3v) is 6.51. The number of nitrogens with one attached hydrogen (secondary N) is 3. The minimum Gasteiger partial charge on any atom is -0.322 e. The molecule has 0 saturated carbocycles. The molecule has 0 fully saturated rings. The summed E-state index contributed by atoms with van der Waals surface area (Å²) in [4.78, 5) is 12.4. The van der Waals surface area contributed by atoms with Crippen LogP contribution in [0.25, 0.3) is 11.4 Å². The van der Waals surface area contributed by atoms with Crippen LogP contribution >= 0.6 is 0 Å². The molecule has 0 aliphatic rings. The molecule has 3 rings (SSSR count). The van der Waals surface area contributed by atoms with Crippen molar-refractivity contribution in [1.82, 2.24) is 25.3 Å². The fourth-order valence-corrected chi connectivity index (χ4v) is 4.65. The number of hydrogen-bond donors (Lipinski definition) is 3. The Bertz CT molecular complexity index is 1180. The summed E-state index contributed by atoms with van der Waals surface area (Å²) >= 11 is 0. The number of anilines is 1. The molecule has 0 spiro atoms. The molecule has 0 aliphatic heterocycles. The molecule has 0 bridgehead atoms. The summed E-state index contributed by atoms with van der Waals surface area (Å²) in [6.45, 7) is 6.53. The number of nitrogens with zero attached hydrogens (tertiary/aromatic N) is 3. The molecule has 158 valence electrons. The second-order valence-electron chi connectivity index (χ2n) is 6.89. The summed E-state index contributed by atoms with van der Waals surface area (Å²) in [6, 6.07) is 5.83. The lowest BCUT2D eigenvalue weighted by Gasteiger charge is -2.16. The molecule has 2 aromatic carbocycles. The van der Waals surface area contributed by atoms with Crippen molar-refractivity contribution in [2.45, 2.75) is 32.6 Å². The fraction of sp³-hybridized carbons (Fsp3) is 0.263. The quantitative estimate of drug-likeness (QED) is 0.547. The van der Waals surface area contributed by atoms with E-state index in [4.69, 9.17) is 0 Å². The van der Waals surface area contributed by atoms with Gasteiger partial charge < -0.3 is 5.32 Å². The number of rotatable bonds is 6. The Labute approximate surface area is 173 Å². The van der Waals surface area contributed by atoms with Crippen LogP contribution in [0.1, 0.15) is 22.3 Å². The number of hydrogen-bond acceptors (Lipinski definition) is 6. The fourth-order valence-electron chi connectivity index (χ4n) is 3.06. The minimum absolute atomic E-state index is 0.125. The van der Waals surface area contributed by atoms with E-state index in [1.165, 1.54) is 12.1 Å². The number of tetrazole rings is 1. The maximum Gasteiger partial charge on any atom is 0.241 e. The molecule has 0 aliphatic carbocycles. The SMILES string of the molecule is Cc1cc(C)c(C)c(S(=O)(=O)NCC(=O)Nc2cc(-c3nn[nH]n3)ccc2F)c1C. The van der Waals surface area contributed by atoms with Gasteiger partial charge in [-0.25, -0.2) is 17.5 Å². The van der Waals surface area contributed by atoms with Crippen LogP contribution in [-0.4, -0.2) is 41.5 Å². The Balaban J connectivity index is 1.76. The number of sulfonamides is 1. The van der Waals surface area contributed by atoms with E-state index in [1.807, 2.05) is 19.9 Å². The van der Waals surface area contributed by atoms with Crippen LogP contribution in [0.2, 0.25) is 0 Å². The van der Waals surface area contributed by atoms with Crippen LogP contribution in [0, 0.1) is 33.5 Å². The molecule has 1 heterocycles. The zero-order chi connectivity index (χ0) is 22.1. The third-order valence-electron chi connectivity index (χ3n) is 4.83. The summed E-state index contributed by atoms with van der Waals surface area (Å²) < 4.78 is 42.0. The van der Waals surface area contributed by atoms with E-state index in [0.29, 0.717) is 16.7 Å². The van der Waals surface area contributed by atoms with Crippen molar-refractivity contribution >= 4 is 21.6 Å². The van der Waals surface area contributed by atoms with Gasteiger partial charge in [-0.1, -0.05) is 6.07 Å². The zero-order valence-corrected chi connectivity index (χ0v) is 17.7. The number of H-pyrrole nitrogens is 1. The highest BCUT2D eigenvalue weighted by Crippen LogP contribution is 2.26. The highest BCUT2D eigenvalue weighted by atomic mass is 32.2. The topological polar surface area (TPSA) is 130 Å². The van der Waals surface area contributed by atoms with Crippen LogP contribution in [-0.2, 0) is 14.8 Å². The molecular formula is C19H21FN6O3S. The second-order valence-corrected chi connectivity index (χ2v) is 8.60. The second kappa shape index (κ2) is 8.28. The molecule has 0 unspecified atom stereocenters. The number of halogens is 1. The Hall–Kier alpha value is -3.18. The minimum atomic E-state index is -3.94.